The van der Waals surface area contributed by atoms with Gasteiger partial charge in [0, 0.05) is 5.57 Å². The van der Waals surface area contributed by atoms with Crippen molar-refractivity contribution in [3.8, 4) is 0 Å². The summed E-state index contributed by atoms with van der Waals surface area (Å²) < 4.78 is 0. The SMILES string of the molecule is CCCCCC(C)(C)/C=C(\C)C(N)=O. The number of unbranched alkanes of at least 4 members (excludes halogenated alkanes) is 2. The molecule has 0 bridgehead atoms. The van der Waals surface area contributed by atoms with Crippen molar-refractivity contribution >= 4 is 5.91 Å². The third-order valence-corrected chi connectivity index (χ3v) is 2.42. The molecule has 2 N–H and O–H groups in total. The van der Waals surface area contributed by atoms with Crippen LogP contribution in [0.5, 0.6) is 0 Å². The number of allylic oxidation sites excluding steroid dienone is 1. The number of rotatable bonds is 6. The van der Waals surface area contributed by atoms with Crippen LogP contribution in [-0.2, 0) is 4.79 Å². The van der Waals surface area contributed by atoms with Crippen molar-refractivity contribution in [2.75, 3.05) is 0 Å². The van der Waals surface area contributed by atoms with Crippen molar-refractivity contribution in [2.45, 2.75) is 53.4 Å². The molecule has 0 spiro atoms. The summed E-state index contributed by atoms with van der Waals surface area (Å²) in [5, 5.41) is 0. The molecule has 0 atom stereocenters. The highest BCUT2D eigenvalue weighted by molar-refractivity contribution is 5.91. The average molecular weight is 197 g/mol. The quantitative estimate of drug-likeness (QED) is 0.516. The molecule has 0 unspecified atom stereocenters. The van der Waals surface area contributed by atoms with Crippen molar-refractivity contribution < 1.29 is 4.79 Å². The van der Waals surface area contributed by atoms with Gasteiger partial charge in [-0.05, 0) is 18.8 Å². The van der Waals surface area contributed by atoms with E-state index < -0.39 is 0 Å². The Morgan fingerprint density at radius 2 is 1.93 bits per heavy atom. The van der Waals surface area contributed by atoms with E-state index in [1.807, 2.05) is 6.08 Å². The van der Waals surface area contributed by atoms with Crippen LogP contribution >= 0.6 is 0 Å². The van der Waals surface area contributed by atoms with Crippen LogP contribution in [0, 0.1) is 5.41 Å². The van der Waals surface area contributed by atoms with Crippen molar-refractivity contribution in [3.05, 3.63) is 11.6 Å². The summed E-state index contributed by atoms with van der Waals surface area (Å²) in [5.41, 5.74) is 5.95. The van der Waals surface area contributed by atoms with Crippen LogP contribution in [-0.4, -0.2) is 5.91 Å². The second-order valence-electron chi connectivity index (χ2n) is 4.64. The number of carbonyl (C=O) groups excluding carboxylic acids is 1. The lowest BCUT2D eigenvalue weighted by Crippen LogP contribution is -2.16. The van der Waals surface area contributed by atoms with E-state index in [1.54, 1.807) is 6.92 Å². The molecule has 0 aliphatic rings. The molecule has 0 heterocycles. The molecule has 1 amide bonds. The Morgan fingerprint density at radius 3 is 2.36 bits per heavy atom. The molecule has 2 heteroatoms. The molecule has 0 rings (SSSR count). The Bertz CT molecular complexity index is 216. The Hall–Kier alpha value is -0.790. The summed E-state index contributed by atoms with van der Waals surface area (Å²) in [7, 11) is 0. The first-order chi connectivity index (χ1) is 6.39. The number of nitrogens with two attached hydrogens (primary N) is 1. The molecule has 82 valence electrons. The Balaban J connectivity index is 4.18. The molecule has 0 saturated heterocycles. The van der Waals surface area contributed by atoms with Crippen LogP contribution in [0.3, 0.4) is 0 Å². The standard InChI is InChI=1S/C12H23NO/c1-5-6-7-8-12(3,4)9-10(2)11(13)14/h9H,5-8H2,1-4H3,(H2,13,14)/b10-9+. The van der Waals surface area contributed by atoms with Crippen LogP contribution in [0.2, 0.25) is 0 Å². The second kappa shape index (κ2) is 5.84. The van der Waals surface area contributed by atoms with Crippen molar-refractivity contribution in [1.29, 1.82) is 0 Å². The van der Waals surface area contributed by atoms with E-state index in [0.29, 0.717) is 5.57 Å². The lowest BCUT2D eigenvalue weighted by atomic mass is 9.85. The Labute approximate surface area is 87.6 Å². The fraction of sp³-hybridized carbons (Fsp3) is 0.750. The van der Waals surface area contributed by atoms with Crippen LogP contribution in [0.15, 0.2) is 11.6 Å². The molecule has 0 fully saturated rings. The Morgan fingerprint density at radius 1 is 1.36 bits per heavy atom. The van der Waals surface area contributed by atoms with Gasteiger partial charge < -0.3 is 5.73 Å². The van der Waals surface area contributed by atoms with Gasteiger partial charge in [-0.2, -0.15) is 0 Å². The zero-order valence-electron chi connectivity index (χ0n) is 9.89. The zero-order valence-corrected chi connectivity index (χ0v) is 9.89. The summed E-state index contributed by atoms with van der Waals surface area (Å²) in [4.78, 5) is 10.9. The molecular weight excluding hydrogens is 174 g/mol. The van der Waals surface area contributed by atoms with Gasteiger partial charge in [0.1, 0.15) is 0 Å². The van der Waals surface area contributed by atoms with Gasteiger partial charge in [-0.25, -0.2) is 0 Å². The first-order valence-corrected chi connectivity index (χ1v) is 5.38. The van der Waals surface area contributed by atoms with Gasteiger partial charge in [0.25, 0.3) is 0 Å². The van der Waals surface area contributed by atoms with Crippen molar-refractivity contribution in [3.63, 3.8) is 0 Å². The number of hydrogen-bond acceptors (Lipinski definition) is 1. The monoisotopic (exact) mass is 197 g/mol. The topological polar surface area (TPSA) is 43.1 Å². The van der Waals surface area contributed by atoms with Crippen LogP contribution in [0.1, 0.15) is 53.4 Å². The highest BCUT2D eigenvalue weighted by atomic mass is 16.1. The molecule has 0 aromatic carbocycles. The molecule has 0 aromatic rings. The zero-order chi connectivity index (χ0) is 11.2. The molecule has 0 aliphatic carbocycles. The number of primary amides is 1. The fourth-order valence-electron chi connectivity index (χ4n) is 1.56. The number of carbonyl (C=O) groups is 1. The van der Waals surface area contributed by atoms with E-state index in [2.05, 4.69) is 20.8 Å². The molecule has 0 saturated carbocycles. The van der Waals surface area contributed by atoms with E-state index in [0.717, 1.165) is 6.42 Å². The molecule has 2 nitrogen and oxygen atoms in total. The third kappa shape index (κ3) is 5.79. The minimum absolute atomic E-state index is 0.0916. The van der Waals surface area contributed by atoms with E-state index in [9.17, 15) is 4.79 Å². The number of amides is 1. The summed E-state index contributed by atoms with van der Waals surface area (Å²) in [5.74, 6) is -0.312. The lowest BCUT2D eigenvalue weighted by molar-refractivity contribution is -0.114. The predicted octanol–water partition coefficient (Wildman–Crippen LogP) is 3.02. The van der Waals surface area contributed by atoms with E-state index in [1.165, 1.54) is 19.3 Å². The summed E-state index contributed by atoms with van der Waals surface area (Å²) in [6.45, 7) is 8.27. The van der Waals surface area contributed by atoms with Gasteiger partial charge >= 0.3 is 0 Å². The Kier molecular flexibility index (Phi) is 5.51. The van der Waals surface area contributed by atoms with Crippen molar-refractivity contribution in [2.24, 2.45) is 11.1 Å². The maximum absolute atomic E-state index is 10.9. The van der Waals surface area contributed by atoms with Crippen LogP contribution in [0.4, 0.5) is 0 Å². The molecule has 14 heavy (non-hydrogen) atoms. The smallest absolute Gasteiger partial charge is 0.244 e. The minimum Gasteiger partial charge on any atom is -0.366 e. The van der Waals surface area contributed by atoms with Gasteiger partial charge in [0.15, 0.2) is 0 Å². The molecule has 0 aromatic heterocycles. The highest BCUT2D eigenvalue weighted by Gasteiger charge is 2.15. The minimum atomic E-state index is -0.312. The summed E-state index contributed by atoms with van der Waals surface area (Å²) >= 11 is 0. The van der Waals surface area contributed by atoms with Crippen LogP contribution < -0.4 is 5.73 Å². The average Bonchev–Trinajstić information content (AvgIpc) is 2.03. The molecular formula is C12H23NO. The first kappa shape index (κ1) is 13.2. The maximum atomic E-state index is 10.9. The second-order valence-corrected chi connectivity index (χ2v) is 4.64. The maximum Gasteiger partial charge on any atom is 0.244 e. The van der Waals surface area contributed by atoms with Crippen LogP contribution in [0.25, 0.3) is 0 Å². The first-order valence-electron chi connectivity index (χ1n) is 5.38. The van der Waals surface area contributed by atoms with Gasteiger partial charge in [-0.1, -0.05) is 46.1 Å². The normalized spacial score (nSPS) is 13.0. The van der Waals surface area contributed by atoms with E-state index >= 15 is 0 Å². The largest absolute Gasteiger partial charge is 0.366 e. The summed E-state index contributed by atoms with van der Waals surface area (Å²) in [6.07, 6.45) is 6.81. The van der Waals surface area contributed by atoms with E-state index in [-0.39, 0.29) is 11.3 Å². The number of hydrogen-bond donors (Lipinski definition) is 1. The molecule has 0 aliphatic heterocycles. The van der Waals surface area contributed by atoms with Crippen molar-refractivity contribution in [1.82, 2.24) is 0 Å². The molecule has 0 radical (unpaired) electrons. The van der Waals surface area contributed by atoms with Gasteiger partial charge in [-0.15, -0.1) is 0 Å². The lowest BCUT2D eigenvalue weighted by Gasteiger charge is -2.20. The predicted molar refractivity (Wildman–Crippen MR) is 60.9 cm³/mol. The summed E-state index contributed by atoms with van der Waals surface area (Å²) in [6, 6.07) is 0. The van der Waals surface area contributed by atoms with Gasteiger partial charge in [0.05, 0.1) is 0 Å². The highest BCUT2D eigenvalue weighted by Crippen LogP contribution is 2.26. The fourth-order valence-corrected chi connectivity index (χ4v) is 1.56. The third-order valence-electron chi connectivity index (χ3n) is 2.42. The van der Waals surface area contributed by atoms with Gasteiger partial charge in [0.2, 0.25) is 5.91 Å². The van der Waals surface area contributed by atoms with E-state index in [4.69, 9.17) is 5.73 Å². The van der Waals surface area contributed by atoms with Gasteiger partial charge in [-0.3, -0.25) is 4.79 Å².